The molecule has 1 aliphatic carbocycles. The fourth-order valence-corrected chi connectivity index (χ4v) is 2.43. The van der Waals surface area contributed by atoms with Gasteiger partial charge < -0.3 is 9.47 Å². The number of carbonyl (C=O) groups excluding carboxylic acids is 2. The van der Waals surface area contributed by atoms with Crippen LogP contribution in [-0.4, -0.2) is 37.0 Å². The molecule has 0 aliphatic heterocycles. The van der Waals surface area contributed by atoms with E-state index in [-0.39, 0.29) is 23.8 Å². The predicted octanol–water partition coefficient (Wildman–Crippen LogP) is 3.40. The Bertz CT molecular complexity index is 377. The van der Waals surface area contributed by atoms with Gasteiger partial charge in [0.05, 0.1) is 25.4 Å². The molecule has 0 aromatic rings. The van der Waals surface area contributed by atoms with E-state index in [1.54, 1.807) is 13.8 Å². The average Bonchev–Trinajstić information content (AvgIpc) is 2.48. The maximum Gasteiger partial charge on any atom is 0.160 e. The molecule has 124 valence electrons. The third-order valence-electron chi connectivity index (χ3n) is 3.94. The Morgan fingerprint density at radius 2 is 1.14 bits per heavy atom. The van der Waals surface area contributed by atoms with Crippen molar-refractivity contribution in [1.82, 2.24) is 0 Å². The summed E-state index contributed by atoms with van der Waals surface area (Å²) in [5.74, 6) is 0.137. The van der Waals surface area contributed by atoms with E-state index >= 15 is 0 Å². The maximum absolute atomic E-state index is 11.4. The fraction of sp³-hybridized carbons (Fsp3) is 0.667. The molecular formula is C18H28O4. The minimum absolute atomic E-state index is 0.0687. The number of hydrogen-bond donors (Lipinski definition) is 0. The average molecular weight is 308 g/mol. The second-order valence-corrected chi connectivity index (χ2v) is 6.05. The molecule has 1 aliphatic rings. The molecule has 0 aromatic heterocycles. The molecule has 1 fully saturated rings. The summed E-state index contributed by atoms with van der Waals surface area (Å²) in [6.45, 7) is 11.6. The number of allylic oxidation sites excluding steroid dienone is 2. The van der Waals surface area contributed by atoms with E-state index in [2.05, 4.69) is 13.2 Å². The highest BCUT2D eigenvalue weighted by Crippen LogP contribution is 2.23. The summed E-state index contributed by atoms with van der Waals surface area (Å²) in [6, 6.07) is 0. The van der Waals surface area contributed by atoms with Crippen molar-refractivity contribution >= 4 is 11.6 Å². The first-order valence-corrected chi connectivity index (χ1v) is 8.00. The molecular weight excluding hydrogens is 280 g/mol. The first-order chi connectivity index (χ1) is 10.4. The standard InChI is InChI=1S/C18H28O4/c1-13(2)17(19)9-11-21-15-5-7-16(8-6-15)22-12-10-18(20)14(3)4/h15-16H,1,3,5-12H2,2,4H3. The molecule has 4 nitrogen and oxygen atoms in total. The van der Waals surface area contributed by atoms with Gasteiger partial charge in [-0.15, -0.1) is 0 Å². The lowest BCUT2D eigenvalue weighted by atomic mass is 9.95. The van der Waals surface area contributed by atoms with Crippen LogP contribution >= 0.6 is 0 Å². The third-order valence-corrected chi connectivity index (χ3v) is 3.94. The molecule has 1 rings (SSSR count). The number of hydrogen-bond acceptors (Lipinski definition) is 4. The van der Waals surface area contributed by atoms with Gasteiger partial charge in [-0.05, 0) is 50.7 Å². The van der Waals surface area contributed by atoms with Gasteiger partial charge in [-0.2, -0.15) is 0 Å². The largest absolute Gasteiger partial charge is 0.378 e. The van der Waals surface area contributed by atoms with Crippen LogP contribution in [0.4, 0.5) is 0 Å². The molecule has 0 amide bonds. The minimum Gasteiger partial charge on any atom is -0.378 e. The Hall–Kier alpha value is -1.26. The Labute approximate surface area is 133 Å². The third kappa shape index (κ3) is 7.14. The van der Waals surface area contributed by atoms with Crippen LogP contribution in [0.25, 0.3) is 0 Å². The summed E-state index contributed by atoms with van der Waals surface area (Å²) < 4.78 is 11.5. The van der Waals surface area contributed by atoms with Crippen LogP contribution in [0.5, 0.6) is 0 Å². The van der Waals surface area contributed by atoms with E-state index in [1.165, 1.54) is 0 Å². The van der Waals surface area contributed by atoms with Gasteiger partial charge in [0.2, 0.25) is 0 Å². The summed E-state index contributed by atoms with van der Waals surface area (Å²) in [5, 5.41) is 0. The van der Waals surface area contributed by atoms with Gasteiger partial charge in [-0.1, -0.05) is 13.2 Å². The molecule has 4 heteroatoms. The van der Waals surface area contributed by atoms with Crippen LogP contribution in [0.2, 0.25) is 0 Å². The first kappa shape index (κ1) is 18.8. The van der Waals surface area contributed by atoms with E-state index in [9.17, 15) is 9.59 Å². The van der Waals surface area contributed by atoms with Crippen molar-refractivity contribution in [1.29, 1.82) is 0 Å². The second kappa shape index (κ2) is 9.70. The van der Waals surface area contributed by atoms with Crippen LogP contribution in [0.15, 0.2) is 24.3 Å². The van der Waals surface area contributed by atoms with Gasteiger partial charge in [0.1, 0.15) is 0 Å². The number of carbonyl (C=O) groups is 2. The van der Waals surface area contributed by atoms with Crippen LogP contribution in [-0.2, 0) is 19.1 Å². The summed E-state index contributed by atoms with van der Waals surface area (Å²) in [7, 11) is 0. The zero-order chi connectivity index (χ0) is 16.5. The molecule has 0 N–H and O–H groups in total. The van der Waals surface area contributed by atoms with E-state index in [0.717, 1.165) is 25.7 Å². The summed E-state index contributed by atoms with van der Waals surface area (Å²) in [4.78, 5) is 22.8. The van der Waals surface area contributed by atoms with Gasteiger partial charge in [-0.3, -0.25) is 9.59 Å². The highest BCUT2D eigenvalue weighted by Gasteiger charge is 2.22. The Morgan fingerprint density at radius 3 is 1.41 bits per heavy atom. The van der Waals surface area contributed by atoms with Gasteiger partial charge in [-0.25, -0.2) is 0 Å². The smallest absolute Gasteiger partial charge is 0.160 e. The van der Waals surface area contributed by atoms with Crippen molar-refractivity contribution in [3.63, 3.8) is 0 Å². The molecule has 0 atom stereocenters. The number of ether oxygens (including phenoxy) is 2. The lowest BCUT2D eigenvalue weighted by molar-refractivity contribution is -0.119. The summed E-state index contributed by atoms with van der Waals surface area (Å²) in [6.07, 6.45) is 5.04. The van der Waals surface area contributed by atoms with Crippen molar-refractivity contribution in [3.8, 4) is 0 Å². The molecule has 1 saturated carbocycles. The van der Waals surface area contributed by atoms with Gasteiger partial charge in [0, 0.05) is 12.8 Å². The van der Waals surface area contributed by atoms with Gasteiger partial charge in [0.15, 0.2) is 11.6 Å². The van der Waals surface area contributed by atoms with Gasteiger partial charge >= 0.3 is 0 Å². The molecule has 0 radical (unpaired) electrons. The van der Waals surface area contributed by atoms with Crippen LogP contribution < -0.4 is 0 Å². The van der Waals surface area contributed by atoms with Crippen molar-refractivity contribution in [2.45, 2.75) is 64.6 Å². The molecule has 0 unspecified atom stereocenters. The fourth-order valence-electron chi connectivity index (χ4n) is 2.43. The molecule has 0 saturated heterocycles. The Morgan fingerprint density at radius 1 is 0.818 bits per heavy atom. The topological polar surface area (TPSA) is 52.6 Å². The number of ketones is 2. The monoisotopic (exact) mass is 308 g/mol. The van der Waals surface area contributed by atoms with Gasteiger partial charge in [0.25, 0.3) is 0 Å². The Kier molecular flexibility index (Phi) is 8.28. The number of Topliss-reactive ketones (excluding diaryl/α,β-unsaturated/α-hetero) is 2. The molecule has 0 aromatic carbocycles. The molecule has 22 heavy (non-hydrogen) atoms. The van der Waals surface area contributed by atoms with Crippen molar-refractivity contribution in [3.05, 3.63) is 24.3 Å². The zero-order valence-electron chi connectivity index (χ0n) is 13.9. The lowest BCUT2D eigenvalue weighted by Gasteiger charge is -2.28. The normalized spacial score (nSPS) is 21.4. The summed E-state index contributed by atoms with van der Waals surface area (Å²) >= 11 is 0. The van der Waals surface area contributed by atoms with Crippen LogP contribution in [0.1, 0.15) is 52.4 Å². The predicted molar refractivity (Wildman–Crippen MR) is 86.8 cm³/mol. The Balaban J connectivity index is 2.10. The molecule has 0 spiro atoms. The maximum atomic E-state index is 11.4. The summed E-state index contributed by atoms with van der Waals surface area (Å²) in [5.41, 5.74) is 1.18. The zero-order valence-corrected chi connectivity index (χ0v) is 13.9. The van der Waals surface area contributed by atoms with E-state index in [1.807, 2.05) is 0 Å². The van der Waals surface area contributed by atoms with Crippen molar-refractivity contribution < 1.29 is 19.1 Å². The van der Waals surface area contributed by atoms with E-state index in [0.29, 0.717) is 37.2 Å². The molecule has 0 heterocycles. The van der Waals surface area contributed by atoms with E-state index in [4.69, 9.17) is 9.47 Å². The highest BCUT2D eigenvalue weighted by atomic mass is 16.5. The minimum atomic E-state index is 0.0687. The van der Waals surface area contributed by atoms with Crippen LogP contribution in [0, 0.1) is 0 Å². The second-order valence-electron chi connectivity index (χ2n) is 6.05. The van der Waals surface area contributed by atoms with E-state index < -0.39 is 0 Å². The van der Waals surface area contributed by atoms with Crippen molar-refractivity contribution in [2.24, 2.45) is 0 Å². The highest BCUT2D eigenvalue weighted by molar-refractivity contribution is 5.94. The first-order valence-electron chi connectivity index (χ1n) is 8.00. The van der Waals surface area contributed by atoms with Crippen molar-refractivity contribution in [2.75, 3.05) is 13.2 Å². The SMILES string of the molecule is C=C(C)C(=O)CCOC1CCC(OCCC(=O)C(=C)C)CC1. The lowest BCUT2D eigenvalue weighted by Crippen LogP contribution is -2.27. The quantitative estimate of drug-likeness (QED) is 0.580. The number of rotatable bonds is 10. The van der Waals surface area contributed by atoms with Crippen LogP contribution in [0.3, 0.4) is 0 Å². The molecule has 0 bridgehead atoms.